The maximum absolute atomic E-state index is 11.5. The summed E-state index contributed by atoms with van der Waals surface area (Å²) < 4.78 is 6.06. The maximum atomic E-state index is 11.5. The summed E-state index contributed by atoms with van der Waals surface area (Å²) in [4.78, 5) is 22.6. The van der Waals surface area contributed by atoms with Crippen LogP contribution >= 0.6 is 0 Å². The summed E-state index contributed by atoms with van der Waals surface area (Å²) in [6.07, 6.45) is 0. The first-order valence-corrected chi connectivity index (χ1v) is 8.76. The van der Waals surface area contributed by atoms with E-state index in [2.05, 4.69) is 0 Å². The summed E-state index contributed by atoms with van der Waals surface area (Å²) in [6, 6.07) is 7.04. The smallest absolute Gasteiger partial charge is 0.407 e. The highest BCUT2D eigenvalue weighted by molar-refractivity contribution is 6.72. The van der Waals surface area contributed by atoms with Crippen molar-refractivity contribution in [3.63, 3.8) is 0 Å². The average molecular weight is 294 g/mol. The van der Waals surface area contributed by atoms with Crippen LogP contribution in [0.1, 0.15) is 58.8 Å². The van der Waals surface area contributed by atoms with Crippen LogP contribution in [0.5, 0.6) is 5.75 Å². The van der Waals surface area contributed by atoms with Crippen molar-refractivity contribution in [3.8, 4) is 5.75 Å². The minimum atomic E-state index is -3.06. The monoisotopic (exact) mass is 294 g/mol. The normalized spacial score (nSPS) is 13.2. The summed E-state index contributed by atoms with van der Waals surface area (Å²) in [5, 5.41) is -0.672. The molecule has 0 aliphatic heterocycles. The fourth-order valence-corrected chi connectivity index (χ4v) is 5.71. The van der Waals surface area contributed by atoms with Crippen molar-refractivity contribution in [2.24, 2.45) is 0 Å². The summed E-state index contributed by atoms with van der Waals surface area (Å²) in [5.41, 5.74) is 0.599. The lowest BCUT2D eigenvalue weighted by Crippen LogP contribution is -2.57. The van der Waals surface area contributed by atoms with Gasteiger partial charge in [-0.25, -0.2) is 0 Å². The lowest BCUT2D eigenvalue weighted by atomic mass is 10.1. The fraction of sp³-hybridized carbons (Fsp3) is 0.562. The first-order valence-electron chi connectivity index (χ1n) is 6.91. The van der Waals surface area contributed by atoms with Crippen LogP contribution in [0.2, 0.25) is 10.1 Å². The van der Waals surface area contributed by atoms with Crippen LogP contribution in [0.3, 0.4) is 0 Å². The quantitative estimate of drug-likeness (QED) is 0.667. The third kappa shape index (κ3) is 3.30. The third-order valence-electron chi connectivity index (χ3n) is 3.54. The number of rotatable bonds is 3. The molecule has 0 aliphatic carbocycles. The van der Waals surface area contributed by atoms with Gasteiger partial charge in [-0.05, 0) is 19.1 Å². The van der Waals surface area contributed by atoms with E-state index in [9.17, 15) is 9.59 Å². The predicted molar refractivity (Wildman–Crippen MR) is 84.5 cm³/mol. The molecule has 20 heavy (non-hydrogen) atoms. The first kappa shape index (κ1) is 16.9. The van der Waals surface area contributed by atoms with E-state index in [1.165, 1.54) is 6.92 Å². The van der Waals surface area contributed by atoms with Crippen LogP contribution in [0.15, 0.2) is 24.3 Å². The zero-order valence-electron chi connectivity index (χ0n) is 13.6. The van der Waals surface area contributed by atoms with Gasteiger partial charge in [0, 0.05) is 15.6 Å². The number of carbonyl (C=O) groups is 1. The van der Waals surface area contributed by atoms with Crippen LogP contribution in [-0.4, -0.2) is 19.1 Å². The zero-order valence-corrected chi connectivity index (χ0v) is 14.6. The highest BCUT2D eigenvalue weighted by Gasteiger charge is 2.57. The van der Waals surface area contributed by atoms with Crippen molar-refractivity contribution in [3.05, 3.63) is 29.8 Å². The molecule has 0 bridgehead atoms. The molecule has 0 saturated heterocycles. The largest absolute Gasteiger partial charge is 0.520 e. The molecular weight excluding hydrogens is 268 g/mol. The average Bonchev–Trinajstić information content (AvgIpc) is 2.26. The molecule has 0 heterocycles. The van der Waals surface area contributed by atoms with Gasteiger partial charge in [-0.3, -0.25) is 4.79 Å². The summed E-state index contributed by atoms with van der Waals surface area (Å²) in [6.45, 7) is 13.5. The highest BCUT2D eigenvalue weighted by atomic mass is 28.4. The molecule has 1 aromatic carbocycles. The van der Waals surface area contributed by atoms with Gasteiger partial charge >= 0.3 is 8.56 Å². The van der Waals surface area contributed by atoms with E-state index in [1.54, 1.807) is 24.3 Å². The molecule has 0 spiro atoms. The zero-order chi connectivity index (χ0) is 15.8. The first-order chi connectivity index (χ1) is 8.88. The molecule has 1 aromatic rings. The molecule has 0 aromatic heterocycles. The Kier molecular flexibility index (Phi) is 4.51. The van der Waals surface area contributed by atoms with Gasteiger partial charge in [0.05, 0.1) is 0 Å². The van der Waals surface area contributed by atoms with Gasteiger partial charge in [0.15, 0.2) is 5.78 Å². The van der Waals surface area contributed by atoms with Crippen LogP contribution in [0.4, 0.5) is 0 Å². The number of hydrogen-bond acceptors (Lipinski definition) is 3. The minimum Gasteiger partial charge on any atom is -0.520 e. The molecule has 0 atom stereocenters. The standard InChI is InChI=1S/C16H26O3Si/c1-12(17)13-9-8-10-14(11-13)19-20(18,15(2,3)4)16(5,6)7/h8-11,18H,1-7H3. The van der Waals surface area contributed by atoms with E-state index < -0.39 is 8.56 Å². The van der Waals surface area contributed by atoms with Gasteiger partial charge in [0.25, 0.3) is 0 Å². The summed E-state index contributed by atoms with van der Waals surface area (Å²) >= 11 is 0. The SMILES string of the molecule is CC(=O)c1cccc(O[Si](O)(C(C)(C)C)C(C)(C)C)c1. The van der Waals surface area contributed by atoms with Gasteiger partial charge in [-0.1, -0.05) is 53.7 Å². The Labute approximate surface area is 123 Å². The van der Waals surface area contributed by atoms with Crippen LogP contribution in [0, 0.1) is 0 Å². The third-order valence-corrected chi connectivity index (χ3v) is 8.14. The van der Waals surface area contributed by atoms with E-state index in [4.69, 9.17) is 4.43 Å². The van der Waals surface area contributed by atoms with Crippen LogP contribution in [0.25, 0.3) is 0 Å². The second-order valence-electron chi connectivity index (χ2n) is 7.33. The molecule has 0 radical (unpaired) electrons. The molecule has 1 N–H and O–H groups in total. The fourth-order valence-electron chi connectivity index (χ4n) is 2.38. The number of carbonyl (C=O) groups excluding carboxylic acids is 1. The molecule has 3 nitrogen and oxygen atoms in total. The van der Waals surface area contributed by atoms with Crippen molar-refractivity contribution in [1.29, 1.82) is 0 Å². The van der Waals surface area contributed by atoms with Gasteiger partial charge in [0.1, 0.15) is 5.75 Å². The molecule has 0 fully saturated rings. The number of ketones is 1. The van der Waals surface area contributed by atoms with Crippen molar-refractivity contribution >= 4 is 14.3 Å². The Balaban J connectivity index is 3.22. The Hall–Kier alpha value is -1.13. The molecular formula is C16H26O3Si. The predicted octanol–water partition coefficient (Wildman–Crippen LogP) is 4.30. The van der Waals surface area contributed by atoms with Gasteiger partial charge in [-0.2, -0.15) is 0 Å². The Bertz CT molecular complexity index is 481. The Morgan fingerprint density at radius 2 is 1.60 bits per heavy atom. The molecule has 112 valence electrons. The van der Waals surface area contributed by atoms with Crippen molar-refractivity contribution in [2.45, 2.75) is 58.5 Å². The molecule has 1 rings (SSSR count). The van der Waals surface area contributed by atoms with Crippen molar-refractivity contribution < 1.29 is 14.0 Å². The lowest BCUT2D eigenvalue weighted by Gasteiger charge is -2.45. The summed E-state index contributed by atoms with van der Waals surface area (Å²) in [7, 11) is -3.06. The van der Waals surface area contributed by atoms with Gasteiger partial charge in [-0.15, -0.1) is 0 Å². The van der Waals surface area contributed by atoms with Gasteiger partial charge < -0.3 is 9.22 Å². The number of Topliss-reactive ketones (excluding diaryl/α,β-unsaturated/α-hetero) is 1. The molecule has 0 aliphatic rings. The summed E-state index contributed by atoms with van der Waals surface area (Å²) in [5.74, 6) is 0.559. The molecule has 0 amide bonds. The van der Waals surface area contributed by atoms with Crippen LogP contribution in [-0.2, 0) is 0 Å². The Morgan fingerprint density at radius 1 is 1.10 bits per heavy atom. The number of hydrogen-bond donors (Lipinski definition) is 1. The molecule has 0 saturated carbocycles. The van der Waals surface area contributed by atoms with Crippen LogP contribution < -0.4 is 4.43 Å². The van der Waals surface area contributed by atoms with E-state index >= 15 is 0 Å². The van der Waals surface area contributed by atoms with Crippen molar-refractivity contribution in [2.75, 3.05) is 0 Å². The molecule has 0 unspecified atom stereocenters. The van der Waals surface area contributed by atoms with E-state index in [-0.39, 0.29) is 15.9 Å². The number of benzene rings is 1. The van der Waals surface area contributed by atoms with Gasteiger partial charge in [0.2, 0.25) is 0 Å². The topological polar surface area (TPSA) is 46.5 Å². The maximum Gasteiger partial charge on any atom is 0.407 e. The van der Waals surface area contributed by atoms with E-state index in [0.717, 1.165) is 0 Å². The highest BCUT2D eigenvalue weighted by Crippen LogP contribution is 2.49. The lowest BCUT2D eigenvalue weighted by molar-refractivity contribution is 0.101. The second-order valence-corrected chi connectivity index (χ2v) is 11.8. The second kappa shape index (κ2) is 5.33. The van der Waals surface area contributed by atoms with Crippen molar-refractivity contribution in [1.82, 2.24) is 0 Å². The van der Waals surface area contributed by atoms with E-state index in [1.807, 2.05) is 41.5 Å². The minimum absolute atomic E-state index is 0.00725. The van der Waals surface area contributed by atoms with E-state index in [0.29, 0.717) is 11.3 Å². The Morgan fingerprint density at radius 3 is 2.00 bits per heavy atom. The molecule has 4 heteroatoms.